The number of rotatable bonds is 4. The van der Waals surface area contributed by atoms with Crippen molar-refractivity contribution in [3.05, 3.63) is 18.2 Å². The summed E-state index contributed by atoms with van der Waals surface area (Å²) >= 11 is 0. The first-order chi connectivity index (χ1) is 7.61. The van der Waals surface area contributed by atoms with Gasteiger partial charge in [0.05, 0.1) is 6.04 Å². The highest BCUT2D eigenvalue weighted by Crippen LogP contribution is 2.10. The predicted molar refractivity (Wildman–Crippen MR) is 66.6 cm³/mol. The largest absolute Gasteiger partial charge is 0.337 e. The molecule has 7 heteroatoms. The monoisotopic (exact) mass is 260 g/mol. The molecule has 1 aromatic heterocycles. The van der Waals surface area contributed by atoms with Crippen LogP contribution in [0.15, 0.2) is 12.4 Å². The van der Waals surface area contributed by atoms with Gasteiger partial charge in [-0.25, -0.2) is 4.98 Å². The summed E-state index contributed by atoms with van der Waals surface area (Å²) in [5.41, 5.74) is -0.507. The average molecular weight is 260 g/mol. The van der Waals surface area contributed by atoms with Crippen LogP contribution in [-0.2, 0) is 17.3 Å². The van der Waals surface area contributed by atoms with Crippen molar-refractivity contribution in [1.29, 1.82) is 0 Å². The zero-order chi connectivity index (χ0) is 13.3. The van der Waals surface area contributed by atoms with Crippen molar-refractivity contribution in [1.82, 2.24) is 19.0 Å². The van der Waals surface area contributed by atoms with E-state index >= 15 is 0 Å². The number of imidazole rings is 1. The van der Waals surface area contributed by atoms with Crippen molar-refractivity contribution >= 4 is 10.2 Å². The van der Waals surface area contributed by atoms with E-state index < -0.39 is 15.7 Å². The molecule has 1 atom stereocenters. The second-order valence-corrected chi connectivity index (χ2v) is 6.54. The van der Waals surface area contributed by atoms with Crippen LogP contribution in [0.3, 0.4) is 0 Å². The molecular formula is C10H20N4O2S. The number of aromatic nitrogens is 2. The Balaban J connectivity index is 2.76. The summed E-state index contributed by atoms with van der Waals surface area (Å²) < 4.78 is 30.5. The third kappa shape index (κ3) is 4.45. The van der Waals surface area contributed by atoms with Crippen molar-refractivity contribution in [3.63, 3.8) is 0 Å². The van der Waals surface area contributed by atoms with Gasteiger partial charge in [-0.3, -0.25) is 0 Å². The summed E-state index contributed by atoms with van der Waals surface area (Å²) in [6.07, 6.45) is 3.41. The molecule has 6 nitrogen and oxygen atoms in total. The van der Waals surface area contributed by atoms with E-state index in [1.807, 2.05) is 7.05 Å². The minimum absolute atomic E-state index is 0.380. The molecule has 0 fully saturated rings. The topological polar surface area (TPSA) is 76.0 Å². The Labute approximate surface area is 103 Å². The van der Waals surface area contributed by atoms with Crippen LogP contribution in [0.1, 0.15) is 39.6 Å². The quantitative estimate of drug-likeness (QED) is 0.837. The van der Waals surface area contributed by atoms with Gasteiger partial charge in [-0.05, 0) is 27.7 Å². The van der Waals surface area contributed by atoms with Gasteiger partial charge in [0.15, 0.2) is 0 Å². The van der Waals surface area contributed by atoms with E-state index in [0.29, 0.717) is 5.82 Å². The van der Waals surface area contributed by atoms with Crippen LogP contribution in [-0.4, -0.2) is 23.5 Å². The lowest BCUT2D eigenvalue weighted by molar-refractivity contribution is 0.474. The zero-order valence-electron chi connectivity index (χ0n) is 10.9. The molecule has 2 N–H and O–H groups in total. The molecule has 17 heavy (non-hydrogen) atoms. The Morgan fingerprint density at radius 2 is 2.00 bits per heavy atom. The normalized spacial score (nSPS) is 14.9. The van der Waals surface area contributed by atoms with Crippen LogP contribution in [0, 0.1) is 0 Å². The third-order valence-electron chi connectivity index (χ3n) is 2.02. The minimum Gasteiger partial charge on any atom is -0.337 e. The van der Waals surface area contributed by atoms with Gasteiger partial charge in [-0.15, -0.1) is 0 Å². The molecule has 1 unspecified atom stereocenters. The molecule has 0 amide bonds. The first kappa shape index (κ1) is 14.1. The van der Waals surface area contributed by atoms with Crippen molar-refractivity contribution in [2.24, 2.45) is 7.05 Å². The molecule has 0 saturated carbocycles. The van der Waals surface area contributed by atoms with Gasteiger partial charge in [-0.1, -0.05) is 0 Å². The van der Waals surface area contributed by atoms with E-state index in [2.05, 4.69) is 14.4 Å². The summed E-state index contributed by atoms with van der Waals surface area (Å²) in [6, 6.07) is -0.380. The van der Waals surface area contributed by atoms with E-state index in [9.17, 15) is 8.42 Å². The molecule has 0 spiro atoms. The molecule has 0 radical (unpaired) electrons. The lowest BCUT2D eigenvalue weighted by Gasteiger charge is -2.22. The van der Waals surface area contributed by atoms with Gasteiger partial charge >= 0.3 is 0 Å². The SMILES string of the molecule is CC(NS(=O)(=O)NC(C)(C)C)c1nccn1C. The third-order valence-corrected chi connectivity index (χ3v) is 3.56. The maximum absolute atomic E-state index is 11.8. The minimum atomic E-state index is -3.53. The maximum Gasteiger partial charge on any atom is 0.278 e. The van der Waals surface area contributed by atoms with Crippen molar-refractivity contribution in [2.75, 3.05) is 0 Å². The average Bonchev–Trinajstić information content (AvgIpc) is 2.44. The fraction of sp³-hybridized carbons (Fsp3) is 0.700. The number of aryl methyl sites for hydroxylation is 1. The summed E-state index contributed by atoms with van der Waals surface area (Å²) in [7, 11) is -1.71. The summed E-state index contributed by atoms with van der Waals surface area (Å²) in [5, 5.41) is 0. The van der Waals surface area contributed by atoms with E-state index in [1.165, 1.54) is 0 Å². The number of hydrogen-bond acceptors (Lipinski definition) is 3. The van der Waals surface area contributed by atoms with Crippen LogP contribution in [0.5, 0.6) is 0 Å². The molecule has 0 saturated heterocycles. The van der Waals surface area contributed by atoms with Gasteiger partial charge in [0.1, 0.15) is 5.82 Å². The summed E-state index contributed by atoms with van der Waals surface area (Å²) in [5.74, 6) is 0.671. The highest BCUT2D eigenvalue weighted by atomic mass is 32.2. The Morgan fingerprint density at radius 3 is 2.41 bits per heavy atom. The fourth-order valence-corrected chi connectivity index (χ4v) is 2.95. The summed E-state index contributed by atoms with van der Waals surface area (Å²) in [6.45, 7) is 7.12. The van der Waals surface area contributed by atoms with Crippen molar-refractivity contribution in [3.8, 4) is 0 Å². The Bertz CT molecular complexity index is 473. The van der Waals surface area contributed by atoms with Gasteiger partial charge < -0.3 is 4.57 Å². The lowest BCUT2D eigenvalue weighted by Crippen LogP contribution is -2.47. The number of nitrogens with one attached hydrogen (secondary N) is 2. The first-order valence-corrected chi connectivity index (χ1v) is 6.87. The van der Waals surface area contributed by atoms with E-state index in [-0.39, 0.29) is 6.04 Å². The van der Waals surface area contributed by atoms with Gasteiger partial charge in [0.2, 0.25) is 0 Å². The van der Waals surface area contributed by atoms with Crippen LogP contribution in [0.25, 0.3) is 0 Å². The van der Waals surface area contributed by atoms with Gasteiger partial charge in [0, 0.05) is 25.0 Å². The Kier molecular flexibility index (Phi) is 3.95. The second-order valence-electron chi connectivity index (χ2n) is 5.09. The lowest BCUT2D eigenvalue weighted by atomic mass is 10.1. The van der Waals surface area contributed by atoms with Crippen LogP contribution < -0.4 is 9.44 Å². The Hall–Kier alpha value is -0.920. The fourth-order valence-electron chi connectivity index (χ4n) is 1.51. The smallest absolute Gasteiger partial charge is 0.278 e. The van der Waals surface area contributed by atoms with E-state index in [4.69, 9.17) is 0 Å². The van der Waals surface area contributed by atoms with Gasteiger partial charge in [0.25, 0.3) is 10.2 Å². The molecule has 0 aliphatic rings. The van der Waals surface area contributed by atoms with E-state index in [0.717, 1.165) is 0 Å². The molecule has 1 heterocycles. The van der Waals surface area contributed by atoms with E-state index in [1.54, 1.807) is 44.7 Å². The van der Waals surface area contributed by atoms with Crippen LogP contribution in [0.2, 0.25) is 0 Å². The first-order valence-electron chi connectivity index (χ1n) is 5.39. The molecule has 0 aromatic carbocycles. The molecule has 1 aromatic rings. The summed E-state index contributed by atoms with van der Waals surface area (Å²) in [4.78, 5) is 4.10. The molecular weight excluding hydrogens is 240 g/mol. The Morgan fingerprint density at radius 1 is 1.41 bits per heavy atom. The molecule has 1 rings (SSSR count). The van der Waals surface area contributed by atoms with Crippen molar-refractivity contribution in [2.45, 2.75) is 39.3 Å². The molecule has 0 aliphatic carbocycles. The number of nitrogens with zero attached hydrogens (tertiary/aromatic N) is 2. The zero-order valence-corrected chi connectivity index (χ0v) is 11.7. The molecule has 0 bridgehead atoms. The highest BCUT2D eigenvalue weighted by molar-refractivity contribution is 7.87. The predicted octanol–water partition coefficient (Wildman–Crippen LogP) is 0.704. The van der Waals surface area contributed by atoms with Crippen LogP contribution >= 0.6 is 0 Å². The highest BCUT2D eigenvalue weighted by Gasteiger charge is 2.23. The molecule has 98 valence electrons. The van der Waals surface area contributed by atoms with Crippen molar-refractivity contribution < 1.29 is 8.42 Å². The second kappa shape index (κ2) is 4.75. The van der Waals surface area contributed by atoms with Crippen LogP contribution in [0.4, 0.5) is 0 Å². The standard InChI is InChI=1S/C10H20N4O2S/c1-8(9-11-6-7-14(9)5)12-17(15,16)13-10(2,3)4/h6-8,12-13H,1-5H3. The maximum atomic E-state index is 11.8. The van der Waals surface area contributed by atoms with Gasteiger partial charge in [-0.2, -0.15) is 17.9 Å². The number of hydrogen-bond donors (Lipinski definition) is 2. The molecule has 0 aliphatic heterocycles.